The van der Waals surface area contributed by atoms with Crippen LogP contribution in [0, 0.1) is 11.8 Å². The SMILES string of the molecule is C/C=C\[C@H]1COC(=O)C1C(CCc1cc(OC)c(OC)c(OC)c1)c1cc2c(cc1OP)OCO2. The van der Waals surface area contributed by atoms with Crippen LogP contribution in [0.1, 0.15) is 30.4 Å². The number of rotatable bonds is 10. The highest BCUT2D eigenvalue weighted by Gasteiger charge is 2.43. The van der Waals surface area contributed by atoms with Crippen molar-refractivity contribution in [1.29, 1.82) is 0 Å². The second-order valence-electron chi connectivity index (χ2n) is 8.39. The van der Waals surface area contributed by atoms with E-state index in [0.29, 0.717) is 53.9 Å². The fourth-order valence-corrected chi connectivity index (χ4v) is 5.10. The van der Waals surface area contributed by atoms with Crippen molar-refractivity contribution in [2.24, 2.45) is 11.8 Å². The average Bonchev–Trinajstić information content (AvgIpc) is 3.49. The van der Waals surface area contributed by atoms with Crippen LogP contribution in [0.5, 0.6) is 34.5 Å². The van der Waals surface area contributed by atoms with E-state index in [1.165, 1.54) is 0 Å². The van der Waals surface area contributed by atoms with Crippen LogP contribution in [0.2, 0.25) is 0 Å². The molecule has 0 bridgehead atoms. The first kappa shape index (κ1) is 25.0. The number of fused-ring (bicyclic) bond motifs is 1. The van der Waals surface area contributed by atoms with Crippen LogP contribution in [0.25, 0.3) is 0 Å². The smallest absolute Gasteiger partial charge is 0.310 e. The van der Waals surface area contributed by atoms with E-state index in [-0.39, 0.29) is 30.5 Å². The fraction of sp³-hybridized carbons (Fsp3) is 0.423. The third-order valence-electron chi connectivity index (χ3n) is 6.52. The van der Waals surface area contributed by atoms with E-state index in [1.807, 2.05) is 43.3 Å². The highest BCUT2D eigenvalue weighted by atomic mass is 31.0. The van der Waals surface area contributed by atoms with Gasteiger partial charge >= 0.3 is 5.97 Å². The van der Waals surface area contributed by atoms with E-state index in [9.17, 15) is 4.79 Å². The molecule has 1 saturated heterocycles. The molecule has 0 radical (unpaired) electrons. The quantitative estimate of drug-likeness (QED) is 0.263. The number of ether oxygens (including phenoxy) is 6. The summed E-state index contributed by atoms with van der Waals surface area (Å²) < 4.78 is 38.8. The zero-order valence-electron chi connectivity index (χ0n) is 20.4. The second kappa shape index (κ2) is 11.1. The van der Waals surface area contributed by atoms with E-state index in [4.69, 9.17) is 32.9 Å². The summed E-state index contributed by atoms with van der Waals surface area (Å²) in [5.74, 6) is 2.76. The molecule has 0 spiro atoms. The van der Waals surface area contributed by atoms with Crippen LogP contribution in [0.4, 0.5) is 0 Å². The summed E-state index contributed by atoms with van der Waals surface area (Å²) in [6.07, 6.45) is 5.30. The van der Waals surface area contributed by atoms with Crippen molar-refractivity contribution in [3.8, 4) is 34.5 Å². The molecule has 1 fully saturated rings. The van der Waals surface area contributed by atoms with Crippen molar-refractivity contribution in [1.82, 2.24) is 0 Å². The van der Waals surface area contributed by atoms with Crippen molar-refractivity contribution in [3.05, 3.63) is 47.5 Å². The Bertz CT molecular complexity index is 1070. The van der Waals surface area contributed by atoms with Crippen molar-refractivity contribution in [3.63, 3.8) is 0 Å². The van der Waals surface area contributed by atoms with Gasteiger partial charge in [-0.3, -0.25) is 4.79 Å². The third kappa shape index (κ3) is 4.98. The minimum Gasteiger partial charge on any atom is -0.493 e. The molecule has 0 aromatic heterocycles. The van der Waals surface area contributed by atoms with Crippen LogP contribution in [0.15, 0.2) is 36.4 Å². The standard InChI is InChI=1S/C26H31O8P/c1-5-6-16-13-31-26(27)24(16)17(18-11-20-21(33-14-32-20)12-19(18)34-35)8-7-15-9-22(28-2)25(30-4)23(10-15)29-3/h5-6,9-12,16-17,24H,7-8,13-14,35H2,1-4H3/b6-5-/t16-,17?,24?/m0/s1. The highest BCUT2D eigenvalue weighted by Crippen LogP contribution is 2.48. The molecule has 0 amide bonds. The summed E-state index contributed by atoms with van der Waals surface area (Å²) in [4.78, 5) is 13.0. The van der Waals surface area contributed by atoms with Gasteiger partial charge in [-0.05, 0) is 43.5 Å². The molecule has 2 aliphatic rings. The molecule has 0 N–H and O–H groups in total. The Hall–Kier alpha value is -3.12. The molecule has 35 heavy (non-hydrogen) atoms. The molecular weight excluding hydrogens is 471 g/mol. The van der Waals surface area contributed by atoms with Gasteiger partial charge in [-0.2, -0.15) is 0 Å². The van der Waals surface area contributed by atoms with Crippen LogP contribution >= 0.6 is 9.47 Å². The van der Waals surface area contributed by atoms with Gasteiger partial charge in [0.1, 0.15) is 5.75 Å². The van der Waals surface area contributed by atoms with E-state index in [2.05, 4.69) is 9.47 Å². The third-order valence-corrected chi connectivity index (χ3v) is 6.78. The lowest BCUT2D eigenvalue weighted by atomic mass is 9.76. The van der Waals surface area contributed by atoms with Crippen LogP contribution in [-0.2, 0) is 16.0 Å². The van der Waals surface area contributed by atoms with E-state index < -0.39 is 0 Å². The van der Waals surface area contributed by atoms with Gasteiger partial charge in [0, 0.05) is 23.5 Å². The molecular formula is C26H31O8P. The lowest BCUT2D eigenvalue weighted by molar-refractivity contribution is -0.141. The maximum Gasteiger partial charge on any atom is 0.310 e. The number of methoxy groups -OCH3 is 3. The first-order chi connectivity index (χ1) is 17.0. The lowest BCUT2D eigenvalue weighted by Gasteiger charge is -2.26. The molecule has 9 heteroatoms. The number of aryl methyl sites for hydroxylation is 1. The molecule has 4 rings (SSSR count). The van der Waals surface area contributed by atoms with Crippen LogP contribution in [-0.4, -0.2) is 40.7 Å². The van der Waals surface area contributed by atoms with E-state index in [1.54, 1.807) is 21.3 Å². The predicted octanol–water partition coefficient (Wildman–Crippen LogP) is 4.69. The maximum absolute atomic E-state index is 13.0. The van der Waals surface area contributed by atoms with E-state index >= 15 is 0 Å². The molecule has 2 aliphatic heterocycles. The molecule has 2 aromatic rings. The molecule has 0 saturated carbocycles. The van der Waals surface area contributed by atoms with Crippen molar-refractivity contribution in [2.75, 3.05) is 34.7 Å². The first-order valence-electron chi connectivity index (χ1n) is 11.4. The maximum atomic E-state index is 13.0. The number of carbonyl (C=O) groups excluding carboxylic acids is 1. The summed E-state index contributed by atoms with van der Waals surface area (Å²) >= 11 is 0. The second-order valence-corrected chi connectivity index (χ2v) is 8.62. The number of allylic oxidation sites excluding steroid dienone is 1. The zero-order valence-corrected chi connectivity index (χ0v) is 21.5. The Morgan fingerprint density at radius 1 is 1.00 bits per heavy atom. The van der Waals surface area contributed by atoms with Gasteiger partial charge in [0.25, 0.3) is 0 Å². The molecule has 2 heterocycles. The molecule has 4 atom stereocenters. The van der Waals surface area contributed by atoms with Gasteiger partial charge in [-0.15, -0.1) is 0 Å². The highest BCUT2D eigenvalue weighted by molar-refractivity contribution is 7.10. The summed E-state index contributed by atoms with van der Waals surface area (Å²) in [6, 6.07) is 7.59. The van der Waals surface area contributed by atoms with Gasteiger partial charge < -0.3 is 32.9 Å². The Morgan fingerprint density at radius 3 is 2.29 bits per heavy atom. The monoisotopic (exact) mass is 502 g/mol. The molecule has 188 valence electrons. The van der Waals surface area contributed by atoms with Crippen molar-refractivity contribution < 1.29 is 37.7 Å². The Labute approximate surface area is 207 Å². The van der Waals surface area contributed by atoms with Crippen molar-refractivity contribution >= 4 is 15.4 Å². The van der Waals surface area contributed by atoms with Crippen molar-refractivity contribution in [2.45, 2.75) is 25.7 Å². The topological polar surface area (TPSA) is 81.7 Å². The summed E-state index contributed by atoms with van der Waals surface area (Å²) in [5.41, 5.74) is 1.86. The van der Waals surface area contributed by atoms with E-state index in [0.717, 1.165) is 11.1 Å². The average molecular weight is 503 g/mol. The predicted molar refractivity (Wildman–Crippen MR) is 133 cm³/mol. The minimum absolute atomic E-state index is 0.0415. The lowest BCUT2D eigenvalue weighted by Crippen LogP contribution is -2.24. The summed E-state index contributed by atoms with van der Waals surface area (Å²) in [7, 11) is 7.05. The Morgan fingerprint density at radius 2 is 1.69 bits per heavy atom. The number of hydrogen-bond donors (Lipinski definition) is 0. The molecule has 3 unspecified atom stereocenters. The van der Waals surface area contributed by atoms with Gasteiger partial charge in [-0.1, -0.05) is 12.2 Å². The van der Waals surface area contributed by atoms with Crippen LogP contribution in [0.3, 0.4) is 0 Å². The van der Waals surface area contributed by atoms with Crippen LogP contribution < -0.4 is 28.2 Å². The molecule has 8 nitrogen and oxygen atoms in total. The molecule has 0 aliphatic carbocycles. The number of benzene rings is 2. The normalized spacial score (nSPS) is 19.5. The zero-order chi connectivity index (χ0) is 24.9. The van der Waals surface area contributed by atoms with Gasteiger partial charge in [0.2, 0.25) is 12.5 Å². The number of esters is 1. The largest absolute Gasteiger partial charge is 0.493 e. The fourth-order valence-electron chi connectivity index (χ4n) is 4.90. The number of cyclic esters (lactones) is 1. The van der Waals surface area contributed by atoms with Gasteiger partial charge in [0.05, 0.1) is 43.3 Å². The molecule has 2 aromatic carbocycles. The summed E-state index contributed by atoms with van der Waals surface area (Å²) in [6.45, 7) is 2.45. The summed E-state index contributed by atoms with van der Waals surface area (Å²) in [5, 5.41) is 0. The number of hydrogen-bond acceptors (Lipinski definition) is 8. The van der Waals surface area contributed by atoms with Gasteiger partial charge in [-0.25, -0.2) is 0 Å². The Kier molecular flexibility index (Phi) is 7.91. The minimum atomic E-state index is -0.368. The van der Waals surface area contributed by atoms with Gasteiger partial charge in [0.15, 0.2) is 23.0 Å². The first-order valence-corrected chi connectivity index (χ1v) is 11.9. The number of carbonyl (C=O) groups is 1. The Balaban J connectivity index is 1.73.